The number of benzene rings is 3. The lowest BCUT2D eigenvalue weighted by Gasteiger charge is -2.13. The van der Waals surface area contributed by atoms with Gasteiger partial charge in [0.15, 0.2) is 0 Å². The Morgan fingerprint density at radius 2 is 1.69 bits per heavy atom. The van der Waals surface area contributed by atoms with Crippen LogP contribution in [-0.4, -0.2) is 39.3 Å². The van der Waals surface area contributed by atoms with E-state index in [2.05, 4.69) is 20.8 Å². The van der Waals surface area contributed by atoms with E-state index in [9.17, 15) is 4.79 Å². The molecule has 0 fully saturated rings. The van der Waals surface area contributed by atoms with Crippen LogP contribution in [-0.2, 0) is 0 Å². The topological polar surface area (TPSA) is 81.9 Å². The number of amides is 1. The van der Waals surface area contributed by atoms with Gasteiger partial charge >= 0.3 is 0 Å². The third-order valence-corrected chi connectivity index (χ3v) is 4.36. The average Bonchev–Trinajstić information content (AvgIpc) is 3.32. The van der Waals surface area contributed by atoms with Crippen molar-refractivity contribution in [2.75, 3.05) is 13.2 Å². The highest BCUT2D eigenvalue weighted by molar-refractivity contribution is 5.97. The second kappa shape index (κ2) is 8.79. The summed E-state index contributed by atoms with van der Waals surface area (Å²) in [5.74, 6) is 0.568. The van der Waals surface area contributed by atoms with Crippen LogP contribution in [0.4, 0.5) is 0 Å². The van der Waals surface area contributed by atoms with Crippen LogP contribution in [0.1, 0.15) is 10.4 Å². The van der Waals surface area contributed by atoms with E-state index in [1.54, 1.807) is 18.2 Å². The molecule has 4 rings (SSSR count). The Labute approximate surface area is 168 Å². The highest BCUT2D eigenvalue weighted by atomic mass is 16.5. The zero-order chi connectivity index (χ0) is 19.9. The van der Waals surface area contributed by atoms with E-state index in [0.717, 1.165) is 16.9 Å². The van der Waals surface area contributed by atoms with Gasteiger partial charge in [0.05, 0.1) is 17.8 Å². The number of para-hydroxylation sites is 2. The van der Waals surface area contributed by atoms with Crippen molar-refractivity contribution in [1.82, 2.24) is 25.5 Å². The SMILES string of the molecule is O=C(NCCOc1ccccc1-c1ccccc1)c1ccccc1-n1cnnn1. The number of nitrogens with zero attached hydrogens (tertiary/aromatic N) is 4. The number of ether oxygens (including phenoxy) is 1. The van der Waals surface area contributed by atoms with Crippen LogP contribution >= 0.6 is 0 Å². The number of hydrogen-bond acceptors (Lipinski definition) is 5. The van der Waals surface area contributed by atoms with Crippen molar-refractivity contribution < 1.29 is 9.53 Å². The maximum atomic E-state index is 12.6. The molecule has 0 saturated carbocycles. The van der Waals surface area contributed by atoms with Gasteiger partial charge in [0, 0.05) is 5.56 Å². The number of rotatable bonds is 7. The van der Waals surface area contributed by atoms with Gasteiger partial charge in [0.25, 0.3) is 5.91 Å². The summed E-state index contributed by atoms with van der Waals surface area (Å²) in [6.45, 7) is 0.717. The van der Waals surface area contributed by atoms with Gasteiger partial charge in [0.2, 0.25) is 0 Å². The van der Waals surface area contributed by atoms with Crippen LogP contribution in [0.25, 0.3) is 16.8 Å². The summed E-state index contributed by atoms with van der Waals surface area (Å²) < 4.78 is 7.39. The van der Waals surface area contributed by atoms with E-state index in [-0.39, 0.29) is 5.91 Å². The Balaban J connectivity index is 1.39. The summed E-state index contributed by atoms with van der Waals surface area (Å²) in [5, 5.41) is 14.0. The number of tetrazole rings is 1. The molecule has 0 saturated heterocycles. The molecule has 0 aliphatic carbocycles. The normalized spacial score (nSPS) is 10.5. The molecule has 7 nitrogen and oxygen atoms in total. The van der Waals surface area contributed by atoms with Gasteiger partial charge in [0.1, 0.15) is 18.7 Å². The van der Waals surface area contributed by atoms with Gasteiger partial charge in [-0.05, 0) is 34.2 Å². The molecule has 1 aromatic heterocycles. The first-order valence-electron chi connectivity index (χ1n) is 9.21. The predicted molar refractivity (Wildman–Crippen MR) is 109 cm³/mol. The molecular formula is C22H19N5O2. The van der Waals surface area contributed by atoms with E-state index >= 15 is 0 Å². The zero-order valence-electron chi connectivity index (χ0n) is 15.6. The zero-order valence-corrected chi connectivity index (χ0v) is 15.6. The fraction of sp³-hybridized carbons (Fsp3) is 0.0909. The van der Waals surface area contributed by atoms with Crippen molar-refractivity contribution in [2.45, 2.75) is 0 Å². The standard InChI is InChI=1S/C22H19N5O2/c28-22(19-11-4-6-12-20(19)27-16-24-25-26-27)23-14-15-29-21-13-7-5-10-18(21)17-8-2-1-3-9-17/h1-13,16H,14-15H2,(H,23,28). The monoisotopic (exact) mass is 385 g/mol. The molecule has 0 spiro atoms. The molecule has 3 aromatic carbocycles. The molecule has 0 bridgehead atoms. The van der Waals surface area contributed by atoms with Crippen LogP contribution in [0.5, 0.6) is 5.75 Å². The molecule has 1 heterocycles. The van der Waals surface area contributed by atoms with Gasteiger partial charge in [-0.3, -0.25) is 4.79 Å². The molecule has 0 aliphatic heterocycles. The summed E-state index contributed by atoms with van der Waals surface area (Å²) in [5.41, 5.74) is 3.21. The van der Waals surface area contributed by atoms with E-state index in [1.165, 1.54) is 11.0 Å². The predicted octanol–water partition coefficient (Wildman–Crippen LogP) is 3.14. The smallest absolute Gasteiger partial charge is 0.253 e. The fourth-order valence-electron chi connectivity index (χ4n) is 3.01. The highest BCUT2D eigenvalue weighted by Gasteiger charge is 2.13. The number of carbonyl (C=O) groups excluding carboxylic acids is 1. The summed E-state index contributed by atoms with van der Waals surface area (Å²) in [6, 6.07) is 25.1. The van der Waals surface area contributed by atoms with Crippen LogP contribution in [0.15, 0.2) is 85.2 Å². The van der Waals surface area contributed by atoms with E-state index in [1.807, 2.05) is 60.7 Å². The average molecular weight is 385 g/mol. The number of hydrogen-bond donors (Lipinski definition) is 1. The lowest BCUT2D eigenvalue weighted by Crippen LogP contribution is -2.29. The van der Waals surface area contributed by atoms with Gasteiger partial charge in [-0.15, -0.1) is 5.10 Å². The van der Waals surface area contributed by atoms with Crippen molar-refractivity contribution in [3.05, 3.63) is 90.8 Å². The van der Waals surface area contributed by atoms with Gasteiger partial charge < -0.3 is 10.1 Å². The molecule has 29 heavy (non-hydrogen) atoms. The summed E-state index contributed by atoms with van der Waals surface area (Å²) in [4.78, 5) is 12.6. The van der Waals surface area contributed by atoms with Crippen molar-refractivity contribution in [1.29, 1.82) is 0 Å². The summed E-state index contributed by atoms with van der Waals surface area (Å²) >= 11 is 0. The van der Waals surface area contributed by atoms with Gasteiger partial charge in [-0.2, -0.15) is 4.68 Å². The van der Waals surface area contributed by atoms with Crippen molar-refractivity contribution in [3.63, 3.8) is 0 Å². The van der Waals surface area contributed by atoms with Crippen LogP contribution < -0.4 is 10.1 Å². The Bertz CT molecular complexity index is 1080. The van der Waals surface area contributed by atoms with E-state index < -0.39 is 0 Å². The molecule has 0 atom stereocenters. The Hall–Kier alpha value is -4.00. The first kappa shape index (κ1) is 18.4. The quantitative estimate of drug-likeness (QED) is 0.494. The maximum Gasteiger partial charge on any atom is 0.253 e. The molecule has 144 valence electrons. The summed E-state index contributed by atoms with van der Waals surface area (Å²) in [7, 11) is 0. The van der Waals surface area contributed by atoms with Crippen molar-refractivity contribution in [2.24, 2.45) is 0 Å². The Kier molecular flexibility index (Phi) is 5.57. The molecular weight excluding hydrogens is 366 g/mol. The second-order valence-corrected chi connectivity index (χ2v) is 6.24. The minimum atomic E-state index is -0.212. The molecule has 0 radical (unpaired) electrons. The number of carbonyl (C=O) groups is 1. The molecule has 0 unspecified atom stereocenters. The Morgan fingerprint density at radius 1 is 0.931 bits per heavy atom. The molecule has 0 aliphatic rings. The maximum absolute atomic E-state index is 12.6. The number of aromatic nitrogens is 4. The van der Waals surface area contributed by atoms with Crippen LogP contribution in [0, 0.1) is 0 Å². The lowest BCUT2D eigenvalue weighted by molar-refractivity contribution is 0.0947. The minimum Gasteiger partial charge on any atom is -0.491 e. The molecule has 1 amide bonds. The Morgan fingerprint density at radius 3 is 2.52 bits per heavy atom. The van der Waals surface area contributed by atoms with Gasteiger partial charge in [-0.1, -0.05) is 60.7 Å². The van der Waals surface area contributed by atoms with Crippen molar-refractivity contribution >= 4 is 5.91 Å². The van der Waals surface area contributed by atoms with E-state index in [4.69, 9.17) is 4.74 Å². The van der Waals surface area contributed by atoms with E-state index in [0.29, 0.717) is 24.4 Å². The molecule has 4 aromatic rings. The second-order valence-electron chi connectivity index (χ2n) is 6.24. The third-order valence-electron chi connectivity index (χ3n) is 4.36. The fourth-order valence-corrected chi connectivity index (χ4v) is 3.01. The first-order chi connectivity index (χ1) is 14.3. The van der Waals surface area contributed by atoms with Crippen LogP contribution in [0.2, 0.25) is 0 Å². The molecule has 7 heteroatoms. The van der Waals surface area contributed by atoms with Crippen LogP contribution in [0.3, 0.4) is 0 Å². The number of nitrogens with one attached hydrogen (secondary N) is 1. The molecule has 1 N–H and O–H groups in total. The third kappa shape index (κ3) is 4.30. The minimum absolute atomic E-state index is 0.212. The largest absolute Gasteiger partial charge is 0.491 e. The lowest BCUT2D eigenvalue weighted by atomic mass is 10.1. The highest BCUT2D eigenvalue weighted by Crippen LogP contribution is 2.29. The van der Waals surface area contributed by atoms with Gasteiger partial charge in [-0.25, -0.2) is 0 Å². The first-order valence-corrected chi connectivity index (χ1v) is 9.21. The summed E-state index contributed by atoms with van der Waals surface area (Å²) in [6.07, 6.45) is 1.45. The van der Waals surface area contributed by atoms with Crippen molar-refractivity contribution in [3.8, 4) is 22.6 Å².